The monoisotopic (exact) mass is 314 g/mol. The van der Waals surface area contributed by atoms with Crippen molar-refractivity contribution in [2.75, 3.05) is 0 Å². The normalized spacial score (nSPS) is 15.0. The summed E-state index contributed by atoms with van der Waals surface area (Å²) >= 11 is 0. The Hall–Kier alpha value is -3.56. The summed E-state index contributed by atoms with van der Waals surface area (Å²) in [5, 5.41) is 16.1. The summed E-state index contributed by atoms with van der Waals surface area (Å²) in [5.41, 5.74) is 1.60. The van der Waals surface area contributed by atoms with E-state index in [1.165, 1.54) is 12.1 Å². The number of barbiturate groups is 1. The summed E-state index contributed by atoms with van der Waals surface area (Å²) in [6, 6.07) is 3.96. The lowest BCUT2D eigenvalue weighted by atomic mass is 10.1. The van der Waals surface area contributed by atoms with E-state index in [-0.39, 0.29) is 5.56 Å². The molecule has 116 valence electrons. The van der Waals surface area contributed by atoms with Crippen molar-refractivity contribution in [3.05, 3.63) is 36.0 Å². The molecule has 0 spiro atoms. The first-order valence-electron chi connectivity index (χ1n) is 6.48. The molecule has 1 saturated heterocycles. The van der Waals surface area contributed by atoms with Gasteiger partial charge in [-0.3, -0.25) is 30.1 Å². The number of amides is 5. The summed E-state index contributed by atoms with van der Waals surface area (Å²) in [7, 11) is 0. The van der Waals surface area contributed by atoms with Crippen LogP contribution in [0.25, 0.3) is 11.3 Å². The Morgan fingerprint density at radius 2 is 1.70 bits per heavy atom. The predicted octanol–water partition coefficient (Wildman–Crippen LogP) is -1.06. The van der Waals surface area contributed by atoms with Gasteiger partial charge in [-0.05, 0) is 12.1 Å². The Bertz CT molecular complexity index is 763. The summed E-state index contributed by atoms with van der Waals surface area (Å²) in [6.07, 6.45) is 1.60. The fourth-order valence-electron chi connectivity index (χ4n) is 2.00. The van der Waals surface area contributed by atoms with Crippen LogP contribution in [0, 0.1) is 0 Å². The highest BCUT2D eigenvalue weighted by molar-refractivity contribution is 6.20. The van der Waals surface area contributed by atoms with Crippen molar-refractivity contribution in [3.63, 3.8) is 0 Å². The first-order chi connectivity index (χ1) is 11.0. The highest BCUT2D eigenvalue weighted by Gasteiger charge is 2.35. The van der Waals surface area contributed by atoms with Gasteiger partial charge in [0, 0.05) is 17.3 Å². The van der Waals surface area contributed by atoms with E-state index in [9.17, 15) is 19.2 Å². The molecule has 1 aromatic heterocycles. The molecule has 2 aromatic rings. The van der Waals surface area contributed by atoms with E-state index in [1.807, 2.05) is 10.6 Å². The van der Waals surface area contributed by atoms with Crippen molar-refractivity contribution in [2.24, 2.45) is 0 Å². The molecule has 1 fully saturated rings. The number of nitrogens with zero attached hydrogens (tertiary/aromatic N) is 2. The van der Waals surface area contributed by atoms with Crippen molar-refractivity contribution in [2.45, 2.75) is 6.04 Å². The van der Waals surface area contributed by atoms with Crippen molar-refractivity contribution in [1.29, 1.82) is 0 Å². The molecule has 0 radical (unpaired) electrons. The second kappa shape index (κ2) is 5.67. The number of H-pyrrole nitrogens is 1. The molecule has 1 aromatic carbocycles. The number of aromatic nitrogens is 3. The van der Waals surface area contributed by atoms with Gasteiger partial charge >= 0.3 is 6.03 Å². The molecule has 23 heavy (non-hydrogen) atoms. The van der Waals surface area contributed by atoms with Crippen LogP contribution >= 0.6 is 0 Å². The quantitative estimate of drug-likeness (QED) is 0.531. The Morgan fingerprint density at radius 1 is 1.04 bits per heavy atom. The standard InChI is InChI=1S/C13H10N6O4/c20-10(15-9-11(21)16-13(23)17-12(9)22)7-3-1-6(2-4-7)8-5-14-19-18-8/h1-5,9H,(H,15,20)(H,14,18,19)(H2,16,17,21,22,23). The van der Waals surface area contributed by atoms with Crippen LogP contribution in [0.15, 0.2) is 30.5 Å². The molecule has 10 heteroatoms. The first-order valence-corrected chi connectivity index (χ1v) is 6.48. The van der Waals surface area contributed by atoms with Gasteiger partial charge in [-0.25, -0.2) is 4.79 Å². The third kappa shape index (κ3) is 2.90. The molecule has 2 heterocycles. The van der Waals surface area contributed by atoms with E-state index in [4.69, 9.17) is 0 Å². The van der Waals surface area contributed by atoms with E-state index in [2.05, 4.69) is 20.7 Å². The molecule has 1 aliphatic rings. The third-order valence-corrected chi connectivity index (χ3v) is 3.13. The fraction of sp³-hybridized carbons (Fsp3) is 0.0769. The molecular formula is C13H10N6O4. The summed E-state index contributed by atoms with van der Waals surface area (Å²) in [6.45, 7) is 0. The van der Waals surface area contributed by atoms with Gasteiger partial charge in [-0.15, -0.1) is 5.10 Å². The van der Waals surface area contributed by atoms with Gasteiger partial charge in [0.1, 0.15) is 5.69 Å². The SMILES string of the molecule is O=C1NC(=O)C(NC(=O)c2ccc(-c3c[nH]nn3)cc2)C(=O)N1. The zero-order valence-electron chi connectivity index (χ0n) is 11.5. The second-order valence-corrected chi connectivity index (χ2v) is 4.65. The topological polar surface area (TPSA) is 146 Å². The van der Waals surface area contributed by atoms with E-state index >= 15 is 0 Å². The summed E-state index contributed by atoms with van der Waals surface area (Å²) in [4.78, 5) is 46.2. The maximum atomic E-state index is 12.1. The van der Waals surface area contributed by atoms with E-state index < -0.39 is 29.8 Å². The Labute approximate surface area is 128 Å². The van der Waals surface area contributed by atoms with Gasteiger partial charge in [0.2, 0.25) is 0 Å². The number of nitrogens with one attached hydrogen (secondary N) is 4. The molecule has 0 unspecified atom stereocenters. The number of hydrogen-bond donors (Lipinski definition) is 4. The molecule has 10 nitrogen and oxygen atoms in total. The van der Waals surface area contributed by atoms with Gasteiger partial charge < -0.3 is 5.32 Å². The maximum Gasteiger partial charge on any atom is 0.328 e. The lowest BCUT2D eigenvalue weighted by molar-refractivity contribution is -0.132. The van der Waals surface area contributed by atoms with Crippen molar-refractivity contribution in [1.82, 2.24) is 31.4 Å². The van der Waals surface area contributed by atoms with Crippen molar-refractivity contribution < 1.29 is 19.2 Å². The number of hydrogen-bond acceptors (Lipinski definition) is 6. The number of benzene rings is 1. The first kappa shape index (κ1) is 14.4. The molecule has 4 N–H and O–H groups in total. The number of carbonyl (C=O) groups excluding carboxylic acids is 4. The van der Waals surface area contributed by atoms with Crippen molar-refractivity contribution >= 4 is 23.8 Å². The second-order valence-electron chi connectivity index (χ2n) is 4.65. The number of aromatic amines is 1. The average Bonchev–Trinajstić information content (AvgIpc) is 3.05. The smallest absolute Gasteiger partial charge is 0.328 e. The van der Waals surface area contributed by atoms with Crippen LogP contribution in [-0.2, 0) is 9.59 Å². The third-order valence-electron chi connectivity index (χ3n) is 3.13. The maximum absolute atomic E-state index is 12.1. The minimum absolute atomic E-state index is 0.245. The van der Waals surface area contributed by atoms with E-state index in [0.29, 0.717) is 5.69 Å². The molecular weight excluding hydrogens is 304 g/mol. The summed E-state index contributed by atoms with van der Waals surface area (Å²) in [5.74, 6) is -2.39. The van der Waals surface area contributed by atoms with Gasteiger partial charge in [-0.2, -0.15) is 0 Å². The molecule has 0 bridgehead atoms. The van der Waals surface area contributed by atoms with Crippen LogP contribution in [-0.4, -0.2) is 45.2 Å². The molecule has 0 aliphatic carbocycles. The van der Waals surface area contributed by atoms with Crippen LogP contribution in [0.5, 0.6) is 0 Å². The van der Waals surface area contributed by atoms with Crippen LogP contribution < -0.4 is 16.0 Å². The van der Waals surface area contributed by atoms with E-state index in [0.717, 1.165) is 5.56 Å². The number of imide groups is 2. The number of rotatable bonds is 3. The highest BCUT2D eigenvalue weighted by atomic mass is 16.2. The Kier molecular flexibility index (Phi) is 3.55. The predicted molar refractivity (Wildman–Crippen MR) is 74.8 cm³/mol. The lowest BCUT2D eigenvalue weighted by Crippen LogP contribution is -2.64. The van der Waals surface area contributed by atoms with Gasteiger partial charge in [-0.1, -0.05) is 17.3 Å². The van der Waals surface area contributed by atoms with Crippen LogP contribution in [0.4, 0.5) is 4.79 Å². The Morgan fingerprint density at radius 3 is 2.26 bits per heavy atom. The summed E-state index contributed by atoms with van der Waals surface area (Å²) < 4.78 is 0. The minimum atomic E-state index is -1.46. The minimum Gasteiger partial charge on any atom is -0.332 e. The lowest BCUT2D eigenvalue weighted by Gasteiger charge is -2.21. The molecule has 0 saturated carbocycles. The number of carbonyl (C=O) groups is 4. The highest BCUT2D eigenvalue weighted by Crippen LogP contribution is 2.15. The van der Waals surface area contributed by atoms with Crippen LogP contribution in [0.2, 0.25) is 0 Å². The molecule has 5 amide bonds. The average molecular weight is 314 g/mol. The van der Waals surface area contributed by atoms with E-state index in [1.54, 1.807) is 18.3 Å². The molecule has 0 atom stereocenters. The van der Waals surface area contributed by atoms with Crippen LogP contribution in [0.3, 0.4) is 0 Å². The fourth-order valence-corrected chi connectivity index (χ4v) is 2.00. The van der Waals surface area contributed by atoms with Gasteiger partial charge in [0.05, 0.1) is 0 Å². The zero-order chi connectivity index (χ0) is 16.4. The largest absolute Gasteiger partial charge is 0.332 e. The zero-order valence-corrected chi connectivity index (χ0v) is 11.5. The van der Waals surface area contributed by atoms with Gasteiger partial charge in [0.25, 0.3) is 17.7 Å². The number of urea groups is 1. The van der Waals surface area contributed by atoms with Gasteiger partial charge in [0.15, 0.2) is 6.04 Å². The van der Waals surface area contributed by atoms with Crippen LogP contribution in [0.1, 0.15) is 10.4 Å². The van der Waals surface area contributed by atoms with Crippen molar-refractivity contribution in [3.8, 4) is 11.3 Å². The molecule has 3 rings (SSSR count). The Balaban J connectivity index is 1.72. The molecule has 1 aliphatic heterocycles.